The first-order chi connectivity index (χ1) is 6.31. The second-order valence-corrected chi connectivity index (χ2v) is 3.16. The largest absolute Gasteiger partial charge is 0.396 e. The van der Waals surface area contributed by atoms with Gasteiger partial charge in [0.05, 0.1) is 0 Å². The molecule has 0 aromatic carbocycles. The Morgan fingerprint density at radius 2 is 2.00 bits per heavy atom. The molecule has 0 heterocycles. The van der Waals surface area contributed by atoms with Crippen LogP contribution in [0.15, 0.2) is 0 Å². The minimum Gasteiger partial charge on any atom is -0.396 e. The summed E-state index contributed by atoms with van der Waals surface area (Å²) in [6.45, 7) is 2.33. The summed E-state index contributed by atoms with van der Waals surface area (Å²) in [6, 6.07) is 0. The van der Waals surface area contributed by atoms with Crippen molar-refractivity contribution in [2.45, 2.75) is 51.6 Å². The van der Waals surface area contributed by atoms with Crippen LogP contribution in [0.2, 0.25) is 0 Å². The summed E-state index contributed by atoms with van der Waals surface area (Å²) in [4.78, 5) is 0. The van der Waals surface area contributed by atoms with Crippen LogP contribution in [-0.4, -0.2) is 22.9 Å². The van der Waals surface area contributed by atoms with Crippen molar-refractivity contribution in [3.8, 4) is 11.8 Å². The van der Waals surface area contributed by atoms with Gasteiger partial charge in [0.1, 0.15) is 6.10 Å². The van der Waals surface area contributed by atoms with E-state index in [-0.39, 0.29) is 6.61 Å². The average molecular weight is 184 g/mol. The molecule has 0 rings (SSSR count). The zero-order chi connectivity index (χ0) is 9.94. The first-order valence-electron chi connectivity index (χ1n) is 5.08. The third-order valence-corrected chi connectivity index (χ3v) is 1.81. The quantitative estimate of drug-likeness (QED) is 0.487. The van der Waals surface area contributed by atoms with Gasteiger partial charge in [0.25, 0.3) is 0 Å². The Kier molecular flexibility index (Phi) is 9.18. The van der Waals surface area contributed by atoms with E-state index in [1.54, 1.807) is 0 Å². The number of hydrogen-bond donors (Lipinski definition) is 2. The lowest BCUT2D eigenvalue weighted by Crippen LogP contribution is -2.01. The Balaban J connectivity index is 3.34. The van der Waals surface area contributed by atoms with Crippen molar-refractivity contribution in [1.82, 2.24) is 0 Å². The van der Waals surface area contributed by atoms with Gasteiger partial charge in [-0.25, -0.2) is 0 Å². The van der Waals surface area contributed by atoms with Gasteiger partial charge in [0.15, 0.2) is 0 Å². The van der Waals surface area contributed by atoms with Gasteiger partial charge in [-0.2, -0.15) is 0 Å². The molecule has 0 aromatic heterocycles. The summed E-state index contributed by atoms with van der Waals surface area (Å²) in [5, 5.41) is 17.8. The zero-order valence-corrected chi connectivity index (χ0v) is 8.42. The highest BCUT2D eigenvalue weighted by Gasteiger charge is 1.95. The third-order valence-electron chi connectivity index (χ3n) is 1.81. The molecule has 13 heavy (non-hydrogen) atoms. The number of unbranched alkanes of at least 4 members (excludes halogenated alkanes) is 3. The topological polar surface area (TPSA) is 40.5 Å². The molecule has 0 bridgehead atoms. The molecule has 0 saturated carbocycles. The maximum atomic E-state index is 9.31. The van der Waals surface area contributed by atoms with Crippen LogP contribution >= 0.6 is 0 Å². The van der Waals surface area contributed by atoms with Gasteiger partial charge in [0.2, 0.25) is 0 Å². The summed E-state index contributed by atoms with van der Waals surface area (Å²) in [5.74, 6) is 5.72. The van der Waals surface area contributed by atoms with E-state index >= 15 is 0 Å². The van der Waals surface area contributed by atoms with Crippen molar-refractivity contribution >= 4 is 0 Å². The molecular formula is C11H20O2. The highest BCUT2D eigenvalue weighted by Crippen LogP contribution is 1.99. The highest BCUT2D eigenvalue weighted by atomic mass is 16.3. The summed E-state index contributed by atoms with van der Waals surface area (Å²) < 4.78 is 0. The summed E-state index contributed by atoms with van der Waals surface area (Å²) in [6.07, 6.45) is 4.97. The van der Waals surface area contributed by atoms with Gasteiger partial charge >= 0.3 is 0 Å². The van der Waals surface area contributed by atoms with Crippen LogP contribution in [0.4, 0.5) is 0 Å². The molecule has 1 atom stereocenters. The first kappa shape index (κ1) is 12.5. The minimum absolute atomic E-state index is 0.236. The third kappa shape index (κ3) is 9.39. The van der Waals surface area contributed by atoms with E-state index < -0.39 is 6.10 Å². The second-order valence-electron chi connectivity index (χ2n) is 3.16. The molecule has 2 heteroatoms. The van der Waals surface area contributed by atoms with E-state index in [9.17, 15) is 5.11 Å². The van der Waals surface area contributed by atoms with E-state index in [1.165, 1.54) is 0 Å². The Hall–Kier alpha value is -0.520. The number of rotatable bonds is 6. The van der Waals surface area contributed by atoms with Crippen molar-refractivity contribution in [3.05, 3.63) is 0 Å². The standard InChI is InChI=1S/C11H20O2/c1-2-3-8-11(13)9-6-4-5-7-10-12/h11-13H,2-5,7-8,10H2,1H3. The Morgan fingerprint density at radius 1 is 1.23 bits per heavy atom. The normalized spacial score (nSPS) is 11.9. The SMILES string of the molecule is CCCCC(O)C#CCCCCO. The highest BCUT2D eigenvalue weighted by molar-refractivity contribution is 5.04. The van der Waals surface area contributed by atoms with Crippen molar-refractivity contribution in [1.29, 1.82) is 0 Å². The first-order valence-corrected chi connectivity index (χ1v) is 5.08. The molecule has 2 nitrogen and oxygen atoms in total. The Morgan fingerprint density at radius 3 is 2.62 bits per heavy atom. The Labute approximate surface area is 81.0 Å². The molecule has 0 radical (unpaired) electrons. The lowest BCUT2D eigenvalue weighted by Gasteiger charge is -1.99. The molecule has 0 aliphatic heterocycles. The predicted octanol–water partition coefficient (Wildman–Crippen LogP) is 1.70. The number of hydrogen-bond acceptors (Lipinski definition) is 2. The van der Waals surface area contributed by atoms with Crippen molar-refractivity contribution in [2.75, 3.05) is 6.61 Å². The van der Waals surface area contributed by atoms with Crippen LogP contribution in [0.1, 0.15) is 45.4 Å². The van der Waals surface area contributed by atoms with Crippen molar-refractivity contribution < 1.29 is 10.2 Å². The lowest BCUT2D eigenvalue weighted by atomic mass is 10.1. The van der Waals surface area contributed by atoms with E-state index in [1.807, 2.05) is 0 Å². The maximum absolute atomic E-state index is 9.31. The van der Waals surface area contributed by atoms with E-state index in [0.29, 0.717) is 0 Å². The predicted molar refractivity (Wildman–Crippen MR) is 54.2 cm³/mol. The van der Waals surface area contributed by atoms with Gasteiger partial charge in [-0.3, -0.25) is 0 Å². The van der Waals surface area contributed by atoms with E-state index in [4.69, 9.17) is 5.11 Å². The minimum atomic E-state index is -0.450. The van der Waals surface area contributed by atoms with Gasteiger partial charge in [-0.15, -0.1) is 5.92 Å². The average Bonchev–Trinajstić information content (AvgIpc) is 2.14. The number of aliphatic hydroxyl groups excluding tert-OH is 2. The summed E-state index contributed by atoms with van der Waals surface area (Å²) in [5.41, 5.74) is 0. The van der Waals surface area contributed by atoms with Crippen LogP contribution in [0.25, 0.3) is 0 Å². The van der Waals surface area contributed by atoms with Gasteiger partial charge in [-0.05, 0) is 19.3 Å². The summed E-state index contributed by atoms with van der Waals surface area (Å²) in [7, 11) is 0. The molecule has 0 aliphatic rings. The lowest BCUT2D eigenvalue weighted by molar-refractivity contribution is 0.218. The molecule has 0 aromatic rings. The zero-order valence-electron chi connectivity index (χ0n) is 8.42. The van der Waals surface area contributed by atoms with E-state index in [2.05, 4.69) is 18.8 Å². The van der Waals surface area contributed by atoms with Crippen LogP contribution in [0, 0.1) is 11.8 Å². The molecule has 0 aliphatic carbocycles. The fourth-order valence-electron chi connectivity index (χ4n) is 0.985. The molecule has 2 N–H and O–H groups in total. The maximum Gasteiger partial charge on any atom is 0.114 e. The van der Waals surface area contributed by atoms with Gasteiger partial charge in [0, 0.05) is 13.0 Å². The fraction of sp³-hybridized carbons (Fsp3) is 0.818. The van der Waals surface area contributed by atoms with Crippen LogP contribution in [-0.2, 0) is 0 Å². The summed E-state index contributed by atoms with van der Waals surface area (Å²) >= 11 is 0. The van der Waals surface area contributed by atoms with Gasteiger partial charge < -0.3 is 10.2 Å². The van der Waals surface area contributed by atoms with Crippen molar-refractivity contribution in [3.63, 3.8) is 0 Å². The second kappa shape index (κ2) is 9.57. The monoisotopic (exact) mass is 184 g/mol. The van der Waals surface area contributed by atoms with Crippen molar-refractivity contribution in [2.24, 2.45) is 0 Å². The van der Waals surface area contributed by atoms with Crippen LogP contribution in [0.5, 0.6) is 0 Å². The van der Waals surface area contributed by atoms with Crippen LogP contribution in [0.3, 0.4) is 0 Å². The van der Waals surface area contributed by atoms with E-state index in [0.717, 1.165) is 38.5 Å². The molecule has 76 valence electrons. The van der Waals surface area contributed by atoms with Crippen LogP contribution < -0.4 is 0 Å². The number of aliphatic hydroxyl groups is 2. The molecule has 0 fully saturated rings. The molecule has 1 unspecified atom stereocenters. The van der Waals surface area contributed by atoms with Gasteiger partial charge in [-0.1, -0.05) is 25.7 Å². The Bertz CT molecular complexity index is 155. The molecular weight excluding hydrogens is 164 g/mol. The smallest absolute Gasteiger partial charge is 0.114 e. The molecule has 0 saturated heterocycles. The molecule has 0 amide bonds. The molecule has 0 spiro atoms. The fourth-order valence-corrected chi connectivity index (χ4v) is 0.985.